The van der Waals surface area contributed by atoms with E-state index in [-0.39, 0.29) is 0 Å². The van der Waals surface area contributed by atoms with E-state index in [4.69, 9.17) is 0 Å². The summed E-state index contributed by atoms with van der Waals surface area (Å²) >= 11 is 0. The highest BCUT2D eigenvalue weighted by Gasteiger charge is 2.10. The molecule has 0 radical (unpaired) electrons. The molecule has 6 aliphatic rings. The SMILES string of the molecule is CC1=NC=CC1.CC1=NC=CC=CC1.CC1=NC=CCC=C1.CC1=NCC=C1.CC1=NCC=CC=C1.Cc1ccccn1.Cc1ccncc1.Cc1cnc2c(n1)CCCC2.Cc1cnc2ccccc2n1. The fourth-order valence-electron chi connectivity index (χ4n) is 6.16. The van der Waals surface area contributed by atoms with E-state index >= 15 is 0 Å². The van der Waals surface area contributed by atoms with Crippen molar-refractivity contribution in [2.24, 2.45) is 25.0 Å². The van der Waals surface area contributed by atoms with Crippen molar-refractivity contribution in [2.75, 3.05) is 13.1 Å². The average molecular weight is 962 g/mol. The van der Waals surface area contributed by atoms with E-state index < -0.39 is 0 Å². The van der Waals surface area contributed by atoms with Crippen molar-refractivity contribution in [3.05, 3.63) is 217 Å². The van der Waals surface area contributed by atoms with Crippen molar-refractivity contribution in [2.45, 2.75) is 107 Å². The zero-order valence-electron chi connectivity index (χ0n) is 44.1. The van der Waals surface area contributed by atoms with Crippen LogP contribution in [0.4, 0.5) is 0 Å². The molecule has 11 rings (SSSR count). The molecule has 0 N–H and O–H groups in total. The van der Waals surface area contributed by atoms with Crippen molar-refractivity contribution in [3.63, 3.8) is 0 Å². The summed E-state index contributed by atoms with van der Waals surface area (Å²) in [6.07, 6.45) is 48.8. The molecule has 9 heterocycles. The van der Waals surface area contributed by atoms with Gasteiger partial charge >= 0.3 is 0 Å². The largest absolute Gasteiger partial charge is 0.286 e. The third kappa shape index (κ3) is 29.3. The third-order valence-electron chi connectivity index (χ3n) is 10.1. The van der Waals surface area contributed by atoms with E-state index in [1.165, 1.54) is 41.2 Å². The Bertz CT molecular complexity index is 2710. The Morgan fingerprint density at radius 3 is 1.67 bits per heavy atom. The number of benzene rings is 1. The number of rotatable bonds is 0. The first-order valence-electron chi connectivity index (χ1n) is 24.6. The maximum absolute atomic E-state index is 4.45. The number of hydrogen-bond acceptors (Lipinski definition) is 11. The van der Waals surface area contributed by atoms with Gasteiger partial charge in [0.05, 0.1) is 46.9 Å². The van der Waals surface area contributed by atoms with Crippen LogP contribution in [-0.4, -0.2) is 71.6 Å². The van der Waals surface area contributed by atoms with E-state index in [0.717, 1.165) is 90.4 Å². The van der Waals surface area contributed by atoms with Gasteiger partial charge in [-0.05, 0) is 161 Å². The fourth-order valence-corrected chi connectivity index (χ4v) is 6.16. The first kappa shape index (κ1) is 58.5. The van der Waals surface area contributed by atoms with Crippen LogP contribution in [0.2, 0.25) is 0 Å². The minimum atomic E-state index is 0.832. The summed E-state index contributed by atoms with van der Waals surface area (Å²) < 4.78 is 0. The minimum Gasteiger partial charge on any atom is -0.286 e. The molecule has 374 valence electrons. The zero-order chi connectivity index (χ0) is 51.9. The Balaban J connectivity index is 0.000000216. The zero-order valence-corrected chi connectivity index (χ0v) is 44.1. The number of aliphatic imine (C=N–C) groups is 5. The predicted octanol–water partition coefficient (Wildman–Crippen LogP) is 14.2. The van der Waals surface area contributed by atoms with Gasteiger partial charge in [0.15, 0.2) is 0 Å². The average Bonchev–Trinajstić information content (AvgIpc) is 3.83. The van der Waals surface area contributed by atoms with Gasteiger partial charge in [-0.1, -0.05) is 72.9 Å². The van der Waals surface area contributed by atoms with E-state index in [0.29, 0.717) is 0 Å². The van der Waals surface area contributed by atoms with E-state index in [9.17, 15) is 0 Å². The lowest BCUT2D eigenvalue weighted by Crippen LogP contribution is -2.08. The monoisotopic (exact) mass is 962 g/mol. The number of para-hydroxylation sites is 2. The van der Waals surface area contributed by atoms with Gasteiger partial charge in [-0.25, -0.2) is 4.98 Å². The van der Waals surface area contributed by atoms with Crippen molar-refractivity contribution in [1.82, 2.24) is 29.9 Å². The molecule has 0 saturated heterocycles. The number of allylic oxidation sites excluding steroid dienone is 11. The van der Waals surface area contributed by atoms with E-state index in [1.54, 1.807) is 24.8 Å². The second-order valence-electron chi connectivity index (χ2n) is 16.8. The molecule has 11 nitrogen and oxygen atoms in total. The lowest BCUT2D eigenvalue weighted by atomic mass is 10.0. The first-order valence-corrected chi connectivity index (χ1v) is 24.6. The van der Waals surface area contributed by atoms with Crippen LogP contribution in [0.3, 0.4) is 0 Å². The van der Waals surface area contributed by atoms with Crippen LogP contribution in [0.5, 0.6) is 0 Å². The van der Waals surface area contributed by atoms with Crippen LogP contribution >= 0.6 is 0 Å². The van der Waals surface area contributed by atoms with Crippen LogP contribution in [0.15, 0.2) is 208 Å². The Hall–Kier alpha value is -7.79. The molecule has 72 heavy (non-hydrogen) atoms. The molecule has 0 saturated carbocycles. The van der Waals surface area contributed by atoms with Crippen LogP contribution < -0.4 is 0 Å². The minimum absolute atomic E-state index is 0.832. The molecule has 1 aliphatic carbocycles. The summed E-state index contributed by atoms with van der Waals surface area (Å²) in [5.41, 5.74) is 14.4. The lowest BCUT2D eigenvalue weighted by molar-refractivity contribution is 0.646. The second kappa shape index (κ2) is 37.1. The molecule has 11 heteroatoms. The third-order valence-corrected chi connectivity index (χ3v) is 10.1. The van der Waals surface area contributed by atoms with Crippen molar-refractivity contribution < 1.29 is 0 Å². The van der Waals surface area contributed by atoms with Crippen molar-refractivity contribution >= 4 is 39.6 Å². The Morgan fingerprint density at radius 2 is 1.04 bits per heavy atom. The maximum atomic E-state index is 4.45. The molecule has 0 atom stereocenters. The van der Waals surface area contributed by atoms with Crippen molar-refractivity contribution in [1.29, 1.82) is 0 Å². The van der Waals surface area contributed by atoms with Gasteiger partial charge in [0, 0.05) is 96.7 Å². The van der Waals surface area contributed by atoms with Crippen LogP contribution in [0.25, 0.3) is 11.0 Å². The standard InChI is InChI=1S/C9H12N2.C9H8N2.3C7H9N.2C6H7N.2C5H7N/c2*1-7-6-10-8-4-2-3-5-9(8)11-7;3*1-7-5-3-2-4-6-8-7;1-6-2-4-7-5-3-6;1-6-4-2-3-5-7-6;2*1-5-3-2-4-6-5/h6H,2-5H2,1H3;2-6H,1H3;3-6H,2H2,1H3;2-4,6H,5H2,1H3;2-5H,6H2,1H3;2*2-5H,1H3;2,4H,3H2,1H3;2-3H,4H2,1H3. The molecule has 5 aromatic rings. The summed E-state index contributed by atoms with van der Waals surface area (Å²) in [5.74, 6) is 0. The fraction of sp³-hybridized carbons (Fsp3) is 0.295. The van der Waals surface area contributed by atoms with Gasteiger partial charge in [0.2, 0.25) is 0 Å². The van der Waals surface area contributed by atoms with E-state index in [1.807, 2.05) is 196 Å². The normalized spacial score (nSPS) is 14.8. The number of fused-ring (bicyclic) bond motifs is 2. The van der Waals surface area contributed by atoms with Crippen LogP contribution in [0, 0.1) is 27.7 Å². The topological polar surface area (TPSA) is 139 Å². The van der Waals surface area contributed by atoms with Gasteiger partial charge in [-0.15, -0.1) is 0 Å². The number of nitrogens with zero attached hydrogens (tertiary/aromatic N) is 11. The molecule has 0 bridgehead atoms. The Kier molecular flexibility index (Phi) is 30.1. The highest BCUT2D eigenvalue weighted by molar-refractivity contribution is 5.94. The molecule has 5 aliphatic heterocycles. The molecule has 1 aromatic carbocycles. The first-order chi connectivity index (χ1) is 35.0. The summed E-state index contributed by atoms with van der Waals surface area (Å²) in [5, 5.41) is 0. The summed E-state index contributed by atoms with van der Waals surface area (Å²) in [6, 6.07) is 17.7. The second-order valence-corrected chi connectivity index (χ2v) is 16.8. The van der Waals surface area contributed by atoms with Crippen LogP contribution in [-0.2, 0) is 12.8 Å². The maximum Gasteiger partial charge on any atom is 0.0889 e. The molecular formula is C61H75N11. The number of hydrogen-bond donors (Lipinski definition) is 0. The molecule has 0 amide bonds. The summed E-state index contributed by atoms with van der Waals surface area (Å²) in [6.45, 7) is 19.7. The van der Waals surface area contributed by atoms with Gasteiger partial charge in [-0.2, -0.15) is 0 Å². The molecule has 0 fully saturated rings. The Morgan fingerprint density at radius 1 is 0.417 bits per heavy atom. The van der Waals surface area contributed by atoms with Crippen molar-refractivity contribution in [3.8, 4) is 0 Å². The van der Waals surface area contributed by atoms with E-state index in [2.05, 4.69) is 79.2 Å². The smallest absolute Gasteiger partial charge is 0.0889 e. The molecular weight excluding hydrogens is 887 g/mol. The molecule has 0 unspecified atom stereocenters. The summed E-state index contributed by atoms with van der Waals surface area (Å²) in [4.78, 5) is 45.5. The number of aryl methyl sites for hydroxylation is 6. The van der Waals surface area contributed by atoms with Crippen LogP contribution in [0.1, 0.15) is 101 Å². The molecule has 4 aromatic heterocycles. The molecule has 0 spiro atoms. The Labute approximate surface area is 430 Å². The highest BCUT2D eigenvalue weighted by Crippen LogP contribution is 2.16. The van der Waals surface area contributed by atoms with Gasteiger partial charge in [0.1, 0.15) is 0 Å². The summed E-state index contributed by atoms with van der Waals surface area (Å²) in [7, 11) is 0. The quantitative estimate of drug-likeness (QED) is 0.151. The van der Waals surface area contributed by atoms with Gasteiger partial charge in [0.25, 0.3) is 0 Å². The number of pyridine rings is 2. The lowest BCUT2D eigenvalue weighted by Gasteiger charge is -2.12. The predicted molar refractivity (Wildman–Crippen MR) is 308 cm³/mol. The number of aromatic nitrogens is 6. The van der Waals surface area contributed by atoms with Gasteiger partial charge < -0.3 is 0 Å². The van der Waals surface area contributed by atoms with Gasteiger partial charge in [-0.3, -0.25) is 49.9 Å². The highest BCUT2D eigenvalue weighted by atomic mass is 14.8.